The summed E-state index contributed by atoms with van der Waals surface area (Å²) in [6.07, 6.45) is 3.99. The lowest BCUT2D eigenvalue weighted by Gasteiger charge is -2.33. The van der Waals surface area contributed by atoms with Crippen LogP contribution in [0.4, 0.5) is 0 Å². The molecule has 0 bridgehead atoms. The van der Waals surface area contributed by atoms with Crippen LogP contribution in [0.3, 0.4) is 0 Å². The van der Waals surface area contributed by atoms with Crippen LogP contribution in [0.2, 0.25) is 10.2 Å². The van der Waals surface area contributed by atoms with Gasteiger partial charge >= 0.3 is 5.97 Å². The molecule has 1 amide bonds. The number of hydrogen-bond donors (Lipinski definition) is 3. The molecule has 1 saturated carbocycles. The molecule has 3 N–H and O–H groups in total. The highest BCUT2D eigenvalue weighted by atomic mass is 35.5. The van der Waals surface area contributed by atoms with Gasteiger partial charge in [-0.3, -0.25) is 9.59 Å². The van der Waals surface area contributed by atoms with Crippen molar-refractivity contribution in [3.8, 4) is 0 Å². The first-order valence-electron chi connectivity index (χ1n) is 6.50. The zero-order valence-corrected chi connectivity index (χ0v) is 12.4. The summed E-state index contributed by atoms with van der Waals surface area (Å²) in [5, 5.41) is 12.5. The lowest BCUT2D eigenvalue weighted by molar-refractivity contribution is -0.150. The Morgan fingerprint density at radius 1 is 1.30 bits per heavy atom. The second-order valence-corrected chi connectivity index (χ2v) is 5.96. The Morgan fingerprint density at radius 3 is 2.45 bits per heavy atom. The molecule has 20 heavy (non-hydrogen) atoms. The number of aliphatic carboxylic acids is 1. The van der Waals surface area contributed by atoms with Gasteiger partial charge in [-0.2, -0.15) is 0 Å². The predicted octanol–water partition coefficient (Wildman–Crippen LogP) is 3.09. The molecule has 2 rings (SSSR count). The van der Waals surface area contributed by atoms with Gasteiger partial charge in [0.05, 0.1) is 10.4 Å². The maximum absolute atomic E-state index is 12.0. The van der Waals surface area contributed by atoms with Gasteiger partial charge in [0.15, 0.2) is 0 Å². The number of carbonyl (C=O) groups is 2. The van der Waals surface area contributed by atoms with Crippen molar-refractivity contribution in [1.82, 2.24) is 10.3 Å². The Bertz CT molecular complexity index is 502. The van der Waals surface area contributed by atoms with E-state index in [-0.39, 0.29) is 22.4 Å². The standard InChI is InChI=1S/C13H16Cl2N2O3/c14-8-6-9(17-10(8)15)11(18)16-7-13(12(19)20)4-2-1-3-5-13/h6,17H,1-5,7H2,(H,16,18)(H,19,20). The van der Waals surface area contributed by atoms with Crippen molar-refractivity contribution in [2.75, 3.05) is 6.54 Å². The fourth-order valence-corrected chi connectivity index (χ4v) is 2.88. The third-order valence-electron chi connectivity index (χ3n) is 3.82. The summed E-state index contributed by atoms with van der Waals surface area (Å²) in [6, 6.07) is 1.42. The summed E-state index contributed by atoms with van der Waals surface area (Å²) in [4.78, 5) is 26.1. The molecule has 5 nitrogen and oxygen atoms in total. The molecule has 0 spiro atoms. The van der Waals surface area contributed by atoms with Crippen LogP contribution in [0.1, 0.15) is 42.6 Å². The van der Waals surface area contributed by atoms with Crippen LogP contribution >= 0.6 is 23.2 Å². The van der Waals surface area contributed by atoms with E-state index in [0.717, 1.165) is 19.3 Å². The molecule has 0 aromatic carbocycles. The minimum Gasteiger partial charge on any atom is -0.481 e. The summed E-state index contributed by atoms with van der Waals surface area (Å²) >= 11 is 11.5. The van der Waals surface area contributed by atoms with E-state index < -0.39 is 17.3 Å². The Kier molecular flexibility index (Phi) is 4.60. The number of amides is 1. The molecule has 0 radical (unpaired) electrons. The van der Waals surface area contributed by atoms with E-state index in [0.29, 0.717) is 12.8 Å². The highest BCUT2D eigenvalue weighted by Crippen LogP contribution is 2.36. The number of carboxylic acids is 1. The van der Waals surface area contributed by atoms with Gasteiger partial charge in [0.2, 0.25) is 0 Å². The maximum Gasteiger partial charge on any atom is 0.311 e. The maximum atomic E-state index is 12.0. The van der Waals surface area contributed by atoms with Gasteiger partial charge < -0.3 is 15.4 Å². The first-order valence-corrected chi connectivity index (χ1v) is 7.26. The average Bonchev–Trinajstić information content (AvgIpc) is 2.77. The Labute approximate surface area is 126 Å². The van der Waals surface area contributed by atoms with Crippen molar-refractivity contribution < 1.29 is 14.7 Å². The van der Waals surface area contributed by atoms with E-state index in [1.54, 1.807) is 0 Å². The van der Waals surface area contributed by atoms with E-state index in [2.05, 4.69) is 10.3 Å². The Hall–Kier alpha value is -1.20. The topological polar surface area (TPSA) is 82.2 Å². The second kappa shape index (κ2) is 6.06. The lowest BCUT2D eigenvalue weighted by Crippen LogP contribution is -2.44. The highest BCUT2D eigenvalue weighted by Gasteiger charge is 2.39. The lowest BCUT2D eigenvalue weighted by atomic mass is 9.74. The molecule has 0 aliphatic heterocycles. The summed E-state index contributed by atoms with van der Waals surface area (Å²) in [7, 11) is 0. The summed E-state index contributed by atoms with van der Waals surface area (Å²) < 4.78 is 0. The van der Waals surface area contributed by atoms with Crippen LogP contribution < -0.4 is 5.32 Å². The van der Waals surface area contributed by atoms with Crippen LogP contribution in [0, 0.1) is 5.41 Å². The number of carbonyl (C=O) groups excluding carboxylic acids is 1. The van der Waals surface area contributed by atoms with Gasteiger partial charge in [-0.05, 0) is 18.9 Å². The number of aromatic nitrogens is 1. The van der Waals surface area contributed by atoms with Crippen molar-refractivity contribution >= 4 is 35.1 Å². The predicted molar refractivity (Wildman–Crippen MR) is 76.3 cm³/mol. The fraction of sp³-hybridized carbons (Fsp3) is 0.538. The van der Waals surface area contributed by atoms with Crippen molar-refractivity contribution in [2.45, 2.75) is 32.1 Å². The highest BCUT2D eigenvalue weighted by molar-refractivity contribution is 6.41. The molecular weight excluding hydrogens is 303 g/mol. The number of aromatic amines is 1. The normalized spacial score (nSPS) is 17.7. The van der Waals surface area contributed by atoms with E-state index in [1.807, 2.05) is 0 Å². The molecule has 1 aliphatic carbocycles. The van der Waals surface area contributed by atoms with Crippen LogP contribution in [-0.4, -0.2) is 28.5 Å². The number of halogens is 2. The average molecular weight is 319 g/mol. The van der Waals surface area contributed by atoms with Crippen molar-refractivity contribution in [1.29, 1.82) is 0 Å². The molecule has 1 aromatic heterocycles. The van der Waals surface area contributed by atoms with Gasteiger partial charge in [0, 0.05) is 6.54 Å². The zero-order chi connectivity index (χ0) is 14.8. The molecule has 0 atom stereocenters. The number of hydrogen-bond acceptors (Lipinski definition) is 2. The molecule has 7 heteroatoms. The first kappa shape index (κ1) is 15.2. The second-order valence-electron chi connectivity index (χ2n) is 5.17. The monoisotopic (exact) mass is 318 g/mol. The van der Waals surface area contributed by atoms with Crippen molar-refractivity contribution in [3.63, 3.8) is 0 Å². The molecule has 1 aromatic rings. The fourth-order valence-electron chi connectivity index (χ4n) is 2.57. The Balaban J connectivity index is 2.02. The van der Waals surface area contributed by atoms with Crippen molar-refractivity contribution in [2.24, 2.45) is 5.41 Å². The smallest absolute Gasteiger partial charge is 0.311 e. The minimum atomic E-state index is -0.853. The van der Waals surface area contributed by atoms with Gasteiger partial charge in [-0.1, -0.05) is 42.5 Å². The van der Waals surface area contributed by atoms with E-state index in [1.165, 1.54) is 6.07 Å². The SMILES string of the molecule is O=C(NCC1(C(=O)O)CCCCC1)c1cc(Cl)c(Cl)[nH]1. The molecule has 1 aliphatic rings. The largest absolute Gasteiger partial charge is 0.481 e. The van der Waals surface area contributed by atoms with E-state index in [4.69, 9.17) is 23.2 Å². The van der Waals surface area contributed by atoms with Crippen LogP contribution in [0.5, 0.6) is 0 Å². The van der Waals surface area contributed by atoms with E-state index in [9.17, 15) is 14.7 Å². The first-order chi connectivity index (χ1) is 9.44. The zero-order valence-electron chi connectivity index (χ0n) is 10.8. The summed E-state index contributed by atoms with van der Waals surface area (Å²) in [5.41, 5.74) is -0.620. The molecule has 0 saturated heterocycles. The van der Waals surface area contributed by atoms with Gasteiger partial charge in [0.25, 0.3) is 5.91 Å². The number of carboxylic acid groups (broad SMARTS) is 1. The third-order valence-corrected chi connectivity index (χ3v) is 4.51. The van der Waals surface area contributed by atoms with E-state index >= 15 is 0 Å². The number of rotatable bonds is 4. The number of H-pyrrole nitrogens is 1. The number of nitrogens with one attached hydrogen (secondary N) is 2. The molecule has 0 unspecified atom stereocenters. The molecular formula is C13H16Cl2N2O3. The quantitative estimate of drug-likeness (QED) is 0.797. The van der Waals surface area contributed by atoms with Crippen LogP contribution in [0.15, 0.2) is 6.07 Å². The summed E-state index contributed by atoms with van der Waals surface area (Å²) in [5.74, 6) is -1.25. The van der Waals surface area contributed by atoms with Gasteiger partial charge in [-0.15, -0.1) is 0 Å². The molecule has 110 valence electrons. The Morgan fingerprint density at radius 2 is 1.95 bits per heavy atom. The van der Waals surface area contributed by atoms with Gasteiger partial charge in [-0.25, -0.2) is 0 Å². The van der Waals surface area contributed by atoms with Crippen LogP contribution in [0.25, 0.3) is 0 Å². The molecule has 1 fully saturated rings. The van der Waals surface area contributed by atoms with Crippen LogP contribution in [-0.2, 0) is 4.79 Å². The summed E-state index contributed by atoms with van der Waals surface area (Å²) in [6.45, 7) is 0.120. The van der Waals surface area contributed by atoms with Gasteiger partial charge in [0.1, 0.15) is 10.8 Å². The molecule has 1 heterocycles. The third kappa shape index (κ3) is 3.10. The minimum absolute atomic E-state index is 0.120. The van der Waals surface area contributed by atoms with Crippen molar-refractivity contribution in [3.05, 3.63) is 21.9 Å².